The van der Waals surface area contributed by atoms with Gasteiger partial charge in [0.2, 0.25) is 0 Å². The maximum absolute atomic E-state index is 12.3. The zero-order chi connectivity index (χ0) is 22.2. The second-order valence-electron chi connectivity index (χ2n) is 8.33. The fourth-order valence-corrected chi connectivity index (χ4v) is 4.03. The van der Waals surface area contributed by atoms with Crippen LogP contribution in [0.5, 0.6) is 0 Å². The van der Waals surface area contributed by atoms with Gasteiger partial charge in [-0.1, -0.05) is 24.3 Å². The van der Waals surface area contributed by atoms with E-state index in [0.717, 1.165) is 48.7 Å². The minimum atomic E-state index is 0.0219. The summed E-state index contributed by atoms with van der Waals surface area (Å²) >= 11 is 0. The van der Waals surface area contributed by atoms with Crippen molar-refractivity contribution in [3.8, 4) is 11.1 Å². The molecule has 2 aliphatic heterocycles. The van der Waals surface area contributed by atoms with Crippen molar-refractivity contribution in [2.75, 3.05) is 76.3 Å². The van der Waals surface area contributed by atoms with Crippen LogP contribution in [0.4, 0.5) is 11.4 Å². The highest BCUT2D eigenvalue weighted by Crippen LogP contribution is 2.23. The van der Waals surface area contributed by atoms with Crippen LogP contribution in [0, 0.1) is 0 Å². The summed E-state index contributed by atoms with van der Waals surface area (Å²) in [7, 11) is 0. The van der Waals surface area contributed by atoms with E-state index in [1.54, 1.807) is 0 Å². The lowest BCUT2D eigenvalue weighted by atomic mass is 10.0. The van der Waals surface area contributed by atoms with E-state index >= 15 is 0 Å². The lowest BCUT2D eigenvalue weighted by Crippen LogP contribution is -3.15. The molecule has 4 N–H and O–H groups in total. The number of carbonyl (C=O) groups is 2. The predicted octanol–water partition coefficient (Wildman–Crippen LogP) is -0.939. The molecule has 0 bridgehead atoms. The number of nitrogens with one attached hydrogen (secondary N) is 4. The maximum Gasteiger partial charge on any atom is 0.279 e. The van der Waals surface area contributed by atoms with E-state index in [4.69, 9.17) is 9.47 Å². The van der Waals surface area contributed by atoms with Crippen molar-refractivity contribution in [1.82, 2.24) is 0 Å². The second-order valence-corrected chi connectivity index (χ2v) is 8.33. The fraction of sp³-hybridized carbons (Fsp3) is 0.417. The van der Waals surface area contributed by atoms with E-state index in [2.05, 4.69) is 10.6 Å². The molecule has 0 radical (unpaired) electrons. The van der Waals surface area contributed by atoms with E-state index in [0.29, 0.717) is 39.5 Å². The van der Waals surface area contributed by atoms with Gasteiger partial charge in [0.05, 0.1) is 26.4 Å². The summed E-state index contributed by atoms with van der Waals surface area (Å²) < 4.78 is 10.7. The normalized spacial score (nSPS) is 17.6. The zero-order valence-corrected chi connectivity index (χ0v) is 18.3. The number of hydrogen-bond acceptors (Lipinski definition) is 4. The van der Waals surface area contributed by atoms with E-state index < -0.39 is 0 Å². The third kappa shape index (κ3) is 6.61. The van der Waals surface area contributed by atoms with Gasteiger partial charge in [-0.15, -0.1) is 0 Å². The molecule has 0 spiro atoms. The summed E-state index contributed by atoms with van der Waals surface area (Å²) in [5.74, 6) is 0.0438. The molecule has 8 heteroatoms. The smallest absolute Gasteiger partial charge is 0.279 e. The monoisotopic (exact) mass is 440 g/mol. The number of benzene rings is 2. The molecule has 32 heavy (non-hydrogen) atoms. The Hall–Kier alpha value is -2.78. The highest BCUT2D eigenvalue weighted by molar-refractivity contribution is 5.92. The van der Waals surface area contributed by atoms with Gasteiger partial charge >= 0.3 is 0 Å². The second kappa shape index (κ2) is 11.2. The van der Waals surface area contributed by atoms with Crippen LogP contribution in [0.2, 0.25) is 0 Å². The van der Waals surface area contributed by atoms with Gasteiger partial charge in [0, 0.05) is 11.4 Å². The largest absolute Gasteiger partial charge is 0.370 e. The minimum absolute atomic E-state index is 0.0219. The van der Waals surface area contributed by atoms with E-state index in [1.165, 1.54) is 9.80 Å². The van der Waals surface area contributed by atoms with Crippen molar-refractivity contribution in [3.05, 3.63) is 48.5 Å². The summed E-state index contributed by atoms with van der Waals surface area (Å²) in [5.41, 5.74) is 3.69. The molecule has 2 heterocycles. The molecular weight excluding hydrogens is 408 g/mol. The van der Waals surface area contributed by atoms with Crippen LogP contribution in [0.15, 0.2) is 48.5 Å². The Labute approximate surface area is 188 Å². The molecule has 0 atom stereocenters. The third-order valence-corrected chi connectivity index (χ3v) is 5.89. The first-order valence-electron chi connectivity index (χ1n) is 11.3. The van der Waals surface area contributed by atoms with Gasteiger partial charge in [-0.25, -0.2) is 0 Å². The lowest BCUT2D eigenvalue weighted by Gasteiger charge is -2.23. The highest BCUT2D eigenvalue weighted by atomic mass is 16.5. The average molecular weight is 441 g/mol. The Kier molecular flexibility index (Phi) is 7.84. The van der Waals surface area contributed by atoms with E-state index in [-0.39, 0.29) is 11.8 Å². The molecule has 2 aromatic carbocycles. The van der Waals surface area contributed by atoms with Crippen molar-refractivity contribution in [1.29, 1.82) is 0 Å². The quantitative estimate of drug-likeness (QED) is 0.448. The van der Waals surface area contributed by atoms with Crippen LogP contribution in [0.1, 0.15) is 0 Å². The summed E-state index contributed by atoms with van der Waals surface area (Å²) in [4.78, 5) is 27.1. The van der Waals surface area contributed by atoms with Crippen molar-refractivity contribution in [2.24, 2.45) is 0 Å². The summed E-state index contributed by atoms with van der Waals surface area (Å²) in [6.45, 7) is 7.28. The molecule has 2 amide bonds. The van der Waals surface area contributed by atoms with Gasteiger partial charge < -0.3 is 29.9 Å². The Morgan fingerprint density at radius 2 is 0.969 bits per heavy atom. The Morgan fingerprint density at radius 3 is 1.31 bits per heavy atom. The molecule has 0 aromatic heterocycles. The third-order valence-electron chi connectivity index (χ3n) is 5.89. The Morgan fingerprint density at radius 1 is 0.625 bits per heavy atom. The topological polar surface area (TPSA) is 85.5 Å². The summed E-state index contributed by atoms with van der Waals surface area (Å²) in [6.07, 6.45) is 0. The number of quaternary nitrogens is 2. The molecule has 0 unspecified atom stereocenters. The van der Waals surface area contributed by atoms with Crippen molar-refractivity contribution >= 4 is 23.2 Å². The first kappa shape index (κ1) is 22.4. The molecule has 2 saturated heterocycles. The first-order chi connectivity index (χ1) is 15.7. The van der Waals surface area contributed by atoms with Gasteiger partial charge in [-0.3, -0.25) is 9.59 Å². The molecule has 2 aliphatic rings. The number of carbonyl (C=O) groups excluding carboxylic acids is 2. The number of ether oxygens (including phenoxy) is 2. The SMILES string of the molecule is O=C(C[NH+]1CCOCC1)Nc1ccc(-c2ccc(NC(=O)C[NH+]3CCOCC3)cc2)cc1. The summed E-state index contributed by atoms with van der Waals surface area (Å²) in [5, 5.41) is 5.95. The number of amides is 2. The molecule has 2 aromatic rings. The number of hydrogen-bond donors (Lipinski definition) is 4. The standard InChI is InChI=1S/C24H30N4O4/c29-23(17-27-9-13-31-14-10-27)25-21-5-1-19(2-6-21)20-3-7-22(8-4-20)26-24(30)18-28-11-15-32-16-12-28/h1-8H,9-18H2,(H,25,29)(H,26,30)/p+2. The fourth-order valence-electron chi connectivity index (χ4n) is 4.03. The van der Waals surface area contributed by atoms with Gasteiger partial charge in [0.25, 0.3) is 11.8 Å². The van der Waals surface area contributed by atoms with Crippen molar-refractivity contribution in [3.63, 3.8) is 0 Å². The molecule has 0 aliphatic carbocycles. The minimum Gasteiger partial charge on any atom is -0.370 e. The number of morpholine rings is 2. The zero-order valence-electron chi connectivity index (χ0n) is 18.3. The highest BCUT2D eigenvalue weighted by Gasteiger charge is 2.18. The summed E-state index contributed by atoms with van der Waals surface area (Å²) in [6, 6.07) is 15.6. The van der Waals surface area contributed by atoms with Gasteiger partial charge in [-0.05, 0) is 35.4 Å². The van der Waals surface area contributed by atoms with Crippen LogP contribution >= 0.6 is 0 Å². The van der Waals surface area contributed by atoms with Crippen LogP contribution in [-0.4, -0.2) is 77.5 Å². The molecular formula is C24H32N4O4+2. The van der Waals surface area contributed by atoms with Gasteiger partial charge in [-0.2, -0.15) is 0 Å². The molecule has 170 valence electrons. The van der Waals surface area contributed by atoms with Crippen LogP contribution in [-0.2, 0) is 19.1 Å². The number of anilines is 2. The molecule has 0 saturated carbocycles. The first-order valence-corrected chi connectivity index (χ1v) is 11.3. The molecule has 8 nitrogen and oxygen atoms in total. The van der Waals surface area contributed by atoms with Crippen LogP contribution in [0.25, 0.3) is 11.1 Å². The van der Waals surface area contributed by atoms with E-state index in [1.807, 2.05) is 48.5 Å². The molecule has 4 rings (SSSR count). The number of rotatable bonds is 7. The van der Waals surface area contributed by atoms with Gasteiger partial charge in [0.1, 0.15) is 26.2 Å². The van der Waals surface area contributed by atoms with Crippen LogP contribution in [0.3, 0.4) is 0 Å². The van der Waals surface area contributed by atoms with Crippen LogP contribution < -0.4 is 20.4 Å². The van der Waals surface area contributed by atoms with Gasteiger partial charge in [0.15, 0.2) is 13.1 Å². The maximum atomic E-state index is 12.3. The Bertz CT molecular complexity index is 814. The molecule has 2 fully saturated rings. The van der Waals surface area contributed by atoms with Crippen molar-refractivity contribution < 1.29 is 28.9 Å². The van der Waals surface area contributed by atoms with Crippen molar-refractivity contribution in [2.45, 2.75) is 0 Å². The van der Waals surface area contributed by atoms with E-state index in [9.17, 15) is 9.59 Å². The lowest BCUT2D eigenvalue weighted by molar-refractivity contribution is -0.899. The average Bonchev–Trinajstić information content (AvgIpc) is 2.81. The predicted molar refractivity (Wildman–Crippen MR) is 122 cm³/mol. The Balaban J connectivity index is 1.27.